The minimum absolute atomic E-state index is 0.127. The monoisotopic (exact) mass is 519 g/mol. The van der Waals surface area contributed by atoms with Gasteiger partial charge < -0.3 is 14.4 Å². The third-order valence-electron chi connectivity index (χ3n) is 6.75. The number of nitrogens with two attached hydrogens (primary N) is 1. The molecule has 2 N–H and O–H groups in total. The van der Waals surface area contributed by atoms with Crippen LogP contribution in [-0.4, -0.2) is 42.2 Å². The molecule has 2 aliphatic carbocycles. The van der Waals surface area contributed by atoms with Gasteiger partial charge in [0, 0.05) is 39.7 Å². The SMILES string of the molecule is NSc1ccc(N2Cc3ccccc3OC3=C2C(=O)C2=CC=C(SN4CCOCC4)CC2C3=O)cc1. The number of nitrogens with zero attached hydrogens (tertiary/aromatic N) is 2. The Balaban J connectivity index is 1.39. The van der Waals surface area contributed by atoms with Gasteiger partial charge in [0.15, 0.2) is 5.76 Å². The Morgan fingerprint density at radius 2 is 1.75 bits per heavy atom. The number of carbonyl (C=O) groups excluding carboxylic acids is 2. The van der Waals surface area contributed by atoms with Gasteiger partial charge in [0.1, 0.15) is 11.4 Å². The minimum Gasteiger partial charge on any atom is -0.451 e. The molecule has 0 radical (unpaired) electrons. The molecule has 2 aromatic rings. The summed E-state index contributed by atoms with van der Waals surface area (Å²) >= 11 is 2.81. The maximum absolute atomic E-state index is 14.0. The van der Waals surface area contributed by atoms with E-state index >= 15 is 0 Å². The summed E-state index contributed by atoms with van der Waals surface area (Å²) in [5, 5.41) is 5.71. The highest BCUT2D eigenvalue weighted by Crippen LogP contribution is 2.44. The quantitative estimate of drug-likeness (QED) is 0.597. The van der Waals surface area contributed by atoms with E-state index in [0.717, 1.165) is 46.1 Å². The lowest BCUT2D eigenvalue weighted by molar-refractivity contribution is -0.124. The molecule has 0 aromatic heterocycles. The number of ether oxygens (including phenoxy) is 2. The first-order valence-corrected chi connectivity index (χ1v) is 13.5. The number of carbonyl (C=O) groups is 2. The lowest BCUT2D eigenvalue weighted by atomic mass is 9.79. The van der Waals surface area contributed by atoms with E-state index in [0.29, 0.717) is 43.2 Å². The molecule has 9 heteroatoms. The van der Waals surface area contributed by atoms with Crippen LogP contribution in [0.25, 0.3) is 0 Å². The predicted octanol–water partition coefficient (Wildman–Crippen LogP) is 4.23. The van der Waals surface area contributed by atoms with Crippen molar-refractivity contribution in [2.24, 2.45) is 11.1 Å². The van der Waals surface area contributed by atoms with Crippen LogP contribution in [0.1, 0.15) is 12.0 Å². The third-order valence-corrected chi connectivity index (χ3v) is 8.45. The Labute approximate surface area is 218 Å². The molecule has 0 amide bonds. The number of hydrogen-bond donors (Lipinski definition) is 1. The molecule has 0 spiro atoms. The normalized spacial score (nSPS) is 22.1. The minimum atomic E-state index is -0.548. The van der Waals surface area contributed by atoms with Crippen molar-refractivity contribution in [3.05, 3.63) is 88.2 Å². The first-order valence-electron chi connectivity index (χ1n) is 11.9. The standard InChI is InChI=1S/C27H25N3O4S2/c28-35-19-7-5-18(6-8-19)30-16-17-3-1-2-4-23(17)34-27-24(30)25(31)21-10-9-20(15-22(21)26(27)32)36-29-11-13-33-14-12-29/h1-10,22H,11-16,28H2. The zero-order valence-corrected chi connectivity index (χ0v) is 21.1. The van der Waals surface area contributed by atoms with Crippen LogP contribution < -0.4 is 14.8 Å². The number of para-hydroxylation sites is 1. The number of rotatable bonds is 4. The maximum Gasteiger partial charge on any atom is 0.210 e. The van der Waals surface area contributed by atoms with Crippen molar-refractivity contribution in [2.75, 3.05) is 31.2 Å². The van der Waals surface area contributed by atoms with Crippen LogP contribution in [0.3, 0.4) is 0 Å². The summed E-state index contributed by atoms with van der Waals surface area (Å²) in [5.41, 5.74) is 2.53. The number of hydrogen-bond acceptors (Lipinski definition) is 9. The Hall–Kier alpha value is -2.82. The van der Waals surface area contributed by atoms with Crippen molar-refractivity contribution in [3.8, 4) is 5.75 Å². The second kappa shape index (κ2) is 9.91. The summed E-state index contributed by atoms with van der Waals surface area (Å²) < 4.78 is 13.9. The molecule has 36 heavy (non-hydrogen) atoms. The average Bonchev–Trinajstić information content (AvgIpc) is 3.10. The Morgan fingerprint density at radius 3 is 2.53 bits per heavy atom. The fraction of sp³-hybridized carbons (Fsp3) is 0.259. The zero-order valence-electron chi connectivity index (χ0n) is 19.5. The van der Waals surface area contributed by atoms with Crippen LogP contribution in [0.15, 0.2) is 87.5 Å². The van der Waals surface area contributed by atoms with Gasteiger partial charge in [-0.1, -0.05) is 30.4 Å². The van der Waals surface area contributed by atoms with Crippen LogP contribution >= 0.6 is 23.9 Å². The van der Waals surface area contributed by atoms with Gasteiger partial charge in [0.25, 0.3) is 0 Å². The highest BCUT2D eigenvalue weighted by Gasteiger charge is 2.45. The Bertz CT molecular complexity index is 1310. The number of allylic oxidation sites excluding steroid dienone is 5. The van der Waals surface area contributed by atoms with Gasteiger partial charge in [-0.2, -0.15) is 0 Å². The number of ketones is 2. The van der Waals surface area contributed by atoms with Crippen molar-refractivity contribution in [1.82, 2.24) is 4.31 Å². The second-order valence-corrected chi connectivity index (χ2v) is 10.9. The lowest BCUT2D eigenvalue weighted by Crippen LogP contribution is -2.40. The molecule has 1 saturated heterocycles. The fourth-order valence-corrected chi connectivity index (χ4v) is 6.22. The number of morpholine rings is 1. The van der Waals surface area contributed by atoms with Gasteiger partial charge in [-0.05, 0) is 60.6 Å². The van der Waals surface area contributed by atoms with E-state index in [1.165, 1.54) is 0 Å². The van der Waals surface area contributed by atoms with Crippen LogP contribution in [0, 0.1) is 5.92 Å². The van der Waals surface area contributed by atoms with Crippen LogP contribution in [-0.2, 0) is 20.9 Å². The first kappa shape index (κ1) is 23.6. The molecule has 6 rings (SSSR count). The van der Waals surface area contributed by atoms with Crippen molar-refractivity contribution in [3.63, 3.8) is 0 Å². The molecule has 0 saturated carbocycles. The first-order chi connectivity index (χ1) is 17.6. The molecule has 2 heterocycles. The summed E-state index contributed by atoms with van der Waals surface area (Å²) in [6.07, 6.45) is 4.29. The molecular weight excluding hydrogens is 494 g/mol. The van der Waals surface area contributed by atoms with E-state index in [4.69, 9.17) is 14.6 Å². The van der Waals surface area contributed by atoms with Gasteiger partial charge >= 0.3 is 0 Å². The molecule has 1 atom stereocenters. The smallest absolute Gasteiger partial charge is 0.210 e. The van der Waals surface area contributed by atoms with E-state index in [-0.39, 0.29) is 17.3 Å². The summed E-state index contributed by atoms with van der Waals surface area (Å²) in [7, 11) is 0. The molecule has 2 aliphatic heterocycles. The summed E-state index contributed by atoms with van der Waals surface area (Å²) in [6, 6.07) is 15.3. The number of fused-ring (bicyclic) bond motifs is 2. The third kappa shape index (κ3) is 4.31. The fourth-order valence-electron chi connectivity index (χ4n) is 4.89. The van der Waals surface area contributed by atoms with Gasteiger partial charge in [-0.3, -0.25) is 14.7 Å². The van der Waals surface area contributed by atoms with Crippen LogP contribution in [0.2, 0.25) is 0 Å². The summed E-state index contributed by atoms with van der Waals surface area (Å²) in [6.45, 7) is 3.48. The van der Waals surface area contributed by atoms with Crippen LogP contribution in [0.4, 0.5) is 5.69 Å². The van der Waals surface area contributed by atoms with E-state index in [2.05, 4.69) is 4.31 Å². The van der Waals surface area contributed by atoms with Crippen LogP contribution in [0.5, 0.6) is 5.75 Å². The molecule has 1 unspecified atom stereocenters. The molecule has 7 nitrogen and oxygen atoms in total. The van der Waals surface area contributed by atoms with E-state index in [1.54, 1.807) is 11.9 Å². The number of Topliss-reactive ketones (excluding diaryl/α,β-unsaturated/α-hetero) is 2. The van der Waals surface area contributed by atoms with E-state index < -0.39 is 5.92 Å². The predicted molar refractivity (Wildman–Crippen MR) is 141 cm³/mol. The topological polar surface area (TPSA) is 85.1 Å². The molecule has 184 valence electrons. The molecule has 0 bridgehead atoms. The largest absolute Gasteiger partial charge is 0.451 e. The van der Waals surface area contributed by atoms with E-state index in [1.807, 2.05) is 65.6 Å². The molecule has 2 aromatic carbocycles. The van der Waals surface area contributed by atoms with Crippen molar-refractivity contribution in [2.45, 2.75) is 17.9 Å². The van der Waals surface area contributed by atoms with Gasteiger partial charge in [0.2, 0.25) is 11.6 Å². The van der Waals surface area contributed by atoms with Crippen molar-refractivity contribution >= 4 is 41.1 Å². The molecular formula is C27H25N3O4S2. The number of anilines is 1. The van der Waals surface area contributed by atoms with E-state index in [9.17, 15) is 9.59 Å². The number of benzene rings is 2. The second-order valence-electron chi connectivity index (χ2n) is 8.92. The Morgan fingerprint density at radius 1 is 0.972 bits per heavy atom. The maximum atomic E-state index is 14.0. The highest BCUT2D eigenvalue weighted by atomic mass is 32.2. The van der Waals surface area contributed by atoms with Crippen molar-refractivity contribution < 1.29 is 19.1 Å². The summed E-state index contributed by atoms with van der Waals surface area (Å²) in [5.74, 6) is -0.134. The van der Waals surface area contributed by atoms with Gasteiger partial charge in [-0.15, -0.1) is 0 Å². The molecule has 1 fully saturated rings. The molecule has 4 aliphatic rings. The van der Waals surface area contributed by atoms with Gasteiger partial charge in [-0.25, -0.2) is 4.31 Å². The zero-order chi connectivity index (χ0) is 24.6. The Kier molecular flexibility index (Phi) is 6.49. The van der Waals surface area contributed by atoms with Gasteiger partial charge in [0.05, 0.1) is 25.7 Å². The average molecular weight is 520 g/mol. The van der Waals surface area contributed by atoms with Crippen molar-refractivity contribution in [1.29, 1.82) is 0 Å². The highest BCUT2D eigenvalue weighted by molar-refractivity contribution is 8.00. The summed E-state index contributed by atoms with van der Waals surface area (Å²) in [4.78, 5) is 31.8. The lowest BCUT2D eigenvalue weighted by Gasteiger charge is -2.34.